The third kappa shape index (κ3) is 3.90. The number of ether oxygens (including phenoxy) is 1. The zero-order valence-electron chi connectivity index (χ0n) is 9.95. The van der Waals surface area contributed by atoms with E-state index in [1.165, 1.54) is 5.56 Å². The summed E-state index contributed by atoms with van der Waals surface area (Å²) in [6.45, 7) is 4.99. The molecule has 1 atom stereocenters. The summed E-state index contributed by atoms with van der Waals surface area (Å²) in [6.07, 6.45) is 4.96. The molecule has 0 saturated heterocycles. The van der Waals surface area contributed by atoms with Crippen molar-refractivity contribution in [3.8, 4) is 5.75 Å². The zero-order valence-corrected chi connectivity index (χ0v) is 10.7. The summed E-state index contributed by atoms with van der Waals surface area (Å²) >= 11 is 5.55. The van der Waals surface area contributed by atoms with Crippen LogP contribution in [0.25, 0.3) is 0 Å². The van der Waals surface area contributed by atoms with E-state index in [0.717, 1.165) is 12.2 Å². The monoisotopic (exact) mass is 238 g/mol. The standard InChI is InChI=1S/C14H19ClO/c1-3-12(2)13-8-4-5-9-14(13)16-11-7-6-10-15/h4-9,12H,3,10-11H2,1-2H3. The van der Waals surface area contributed by atoms with Crippen LogP contribution in [0.2, 0.25) is 0 Å². The van der Waals surface area contributed by atoms with E-state index in [4.69, 9.17) is 16.3 Å². The number of para-hydroxylation sites is 1. The Morgan fingerprint density at radius 1 is 1.31 bits per heavy atom. The number of rotatable bonds is 6. The molecule has 1 rings (SSSR count). The molecule has 2 heteroatoms. The Hall–Kier alpha value is -0.950. The maximum atomic E-state index is 5.72. The minimum Gasteiger partial charge on any atom is -0.489 e. The number of allylic oxidation sites excluding steroid dienone is 1. The molecule has 0 aliphatic carbocycles. The number of alkyl halides is 1. The molecular weight excluding hydrogens is 220 g/mol. The van der Waals surface area contributed by atoms with Gasteiger partial charge in [0.15, 0.2) is 0 Å². The Kier molecular flexibility index (Phi) is 6.02. The highest BCUT2D eigenvalue weighted by atomic mass is 35.5. The van der Waals surface area contributed by atoms with E-state index in [9.17, 15) is 0 Å². The SMILES string of the molecule is CCC(C)c1ccccc1OCC=CCCl. The number of hydrogen-bond acceptors (Lipinski definition) is 1. The second-order valence-electron chi connectivity index (χ2n) is 3.78. The maximum Gasteiger partial charge on any atom is 0.123 e. The van der Waals surface area contributed by atoms with Crippen molar-refractivity contribution in [2.45, 2.75) is 26.2 Å². The average molecular weight is 239 g/mol. The van der Waals surface area contributed by atoms with Gasteiger partial charge in [0.05, 0.1) is 0 Å². The van der Waals surface area contributed by atoms with Gasteiger partial charge in [0.2, 0.25) is 0 Å². The van der Waals surface area contributed by atoms with Crippen LogP contribution in [0.4, 0.5) is 0 Å². The highest BCUT2D eigenvalue weighted by Gasteiger charge is 2.08. The lowest BCUT2D eigenvalue weighted by Crippen LogP contribution is -2.00. The van der Waals surface area contributed by atoms with Crippen LogP contribution in [-0.4, -0.2) is 12.5 Å². The second-order valence-corrected chi connectivity index (χ2v) is 4.09. The van der Waals surface area contributed by atoms with Gasteiger partial charge < -0.3 is 4.74 Å². The van der Waals surface area contributed by atoms with Crippen LogP contribution in [0.1, 0.15) is 31.7 Å². The summed E-state index contributed by atoms with van der Waals surface area (Å²) in [5.74, 6) is 2.06. The number of benzene rings is 1. The van der Waals surface area contributed by atoms with Gasteiger partial charge >= 0.3 is 0 Å². The van der Waals surface area contributed by atoms with Crippen molar-refractivity contribution in [3.05, 3.63) is 42.0 Å². The molecule has 0 aliphatic rings. The van der Waals surface area contributed by atoms with Gasteiger partial charge in [-0.15, -0.1) is 11.6 Å². The molecule has 0 N–H and O–H groups in total. The van der Waals surface area contributed by atoms with E-state index < -0.39 is 0 Å². The Morgan fingerprint density at radius 3 is 2.75 bits per heavy atom. The fraction of sp³-hybridized carbons (Fsp3) is 0.429. The molecule has 1 nitrogen and oxygen atoms in total. The summed E-state index contributed by atoms with van der Waals surface area (Å²) in [6, 6.07) is 8.22. The Morgan fingerprint density at radius 2 is 2.06 bits per heavy atom. The quantitative estimate of drug-likeness (QED) is 0.528. The first-order chi connectivity index (χ1) is 7.79. The first-order valence-corrected chi connectivity index (χ1v) is 6.25. The normalized spacial score (nSPS) is 12.9. The van der Waals surface area contributed by atoms with Gasteiger partial charge in [0.25, 0.3) is 0 Å². The van der Waals surface area contributed by atoms with Crippen molar-refractivity contribution in [2.75, 3.05) is 12.5 Å². The molecule has 16 heavy (non-hydrogen) atoms. The van der Waals surface area contributed by atoms with Crippen LogP contribution in [0, 0.1) is 0 Å². The molecule has 0 radical (unpaired) electrons. The van der Waals surface area contributed by atoms with E-state index in [0.29, 0.717) is 18.4 Å². The van der Waals surface area contributed by atoms with Gasteiger partial charge in [-0.25, -0.2) is 0 Å². The van der Waals surface area contributed by atoms with E-state index in [1.807, 2.05) is 24.3 Å². The van der Waals surface area contributed by atoms with Crippen LogP contribution in [0.15, 0.2) is 36.4 Å². The summed E-state index contributed by atoms with van der Waals surface area (Å²) in [5, 5.41) is 0. The first-order valence-electron chi connectivity index (χ1n) is 5.72. The van der Waals surface area contributed by atoms with E-state index in [-0.39, 0.29) is 0 Å². The maximum absolute atomic E-state index is 5.72. The predicted molar refractivity (Wildman–Crippen MR) is 70.5 cm³/mol. The lowest BCUT2D eigenvalue weighted by atomic mass is 9.98. The highest BCUT2D eigenvalue weighted by Crippen LogP contribution is 2.28. The van der Waals surface area contributed by atoms with Crippen molar-refractivity contribution in [2.24, 2.45) is 0 Å². The molecule has 0 spiro atoms. The molecule has 0 aromatic heterocycles. The topological polar surface area (TPSA) is 9.23 Å². The largest absolute Gasteiger partial charge is 0.489 e. The molecule has 1 aromatic carbocycles. The predicted octanol–water partition coefficient (Wildman–Crippen LogP) is 4.37. The van der Waals surface area contributed by atoms with Gasteiger partial charge in [-0.05, 0) is 24.0 Å². The molecule has 1 aromatic rings. The zero-order chi connectivity index (χ0) is 11.8. The summed E-state index contributed by atoms with van der Waals surface area (Å²) in [5.41, 5.74) is 1.28. The second kappa shape index (κ2) is 7.34. The Labute approximate surface area is 103 Å². The van der Waals surface area contributed by atoms with Crippen LogP contribution >= 0.6 is 11.6 Å². The highest BCUT2D eigenvalue weighted by molar-refractivity contribution is 6.18. The van der Waals surface area contributed by atoms with Crippen molar-refractivity contribution in [3.63, 3.8) is 0 Å². The van der Waals surface area contributed by atoms with Crippen LogP contribution in [0.5, 0.6) is 5.75 Å². The summed E-state index contributed by atoms with van der Waals surface area (Å²) in [4.78, 5) is 0. The van der Waals surface area contributed by atoms with E-state index in [1.54, 1.807) is 0 Å². The van der Waals surface area contributed by atoms with Gasteiger partial charge in [-0.1, -0.05) is 44.2 Å². The van der Waals surface area contributed by atoms with Gasteiger partial charge in [-0.3, -0.25) is 0 Å². The Balaban J connectivity index is 2.67. The average Bonchev–Trinajstić information content (AvgIpc) is 2.34. The summed E-state index contributed by atoms with van der Waals surface area (Å²) in [7, 11) is 0. The van der Waals surface area contributed by atoms with Gasteiger partial charge in [-0.2, -0.15) is 0 Å². The third-order valence-corrected chi connectivity index (χ3v) is 2.83. The molecule has 0 fully saturated rings. The molecule has 0 amide bonds. The van der Waals surface area contributed by atoms with Crippen molar-refractivity contribution in [1.82, 2.24) is 0 Å². The molecule has 0 saturated carbocycles. The van der Waals surface area contributed by atoms with Gasteiger partial charge in [0.1, 0.15) is 12.4 Å². The van der Waals surface area contributed by atoms with Crippen molar-refractivity contribution in [1.29, 1.82) is 0 Å². The minimum atomic E-state index is 0.535. The van der Waals surface area contributed by atoms with E-state index in [2.05, 4.69) is 26.0 Å². The van der Waals surface area contributed by atoms with Crippen molar-refractivity contribution >= 4 is 11.6 Å². The lowest BCUT2D eigenvalue weighted by molar-refractivity contribution is 0.356. The molecule has 0 bridgehead atoms. The number of hydrogen-bond donors (Lipinski definition) is 0. The van der Waals surface area contributed by atoms with Crippen LogP contribution < -0.4 is 4.74 Å². The molecule has 88 valence electrons. The van der Waals surface area contributed by atoms with Crippen molar-refractivity contribution < 1.29 is 4.74 Å². The molecular formula is C14H19ClO. The smallest absolute Gasteiger partial charge is 0.123 e. The van der Waals surface area contributed by atoms with Crippen LogP contribution in [0.3, 0.4) is 0 Å². The number of halogens is 1. The van der Waals surface area contributed by atoms with Gasteiger partial charge in [0, 0.05) is 5.88 Å². The van der Waals surface area contributed by atoms with E-state index >= 15 is 0 Å². The first kappa shape index (κ1) is 13.1. The molecule has 1 unspecified atom stereocenters. The molecule has 0 heterocycles. The minimum absolute atomic E-state index is 0.535. The Bertz CT molecular complexity index is 333. The van der Waals surface area contributed by atoms with Crippen LogP contribution in [-0.2, 0) is 0 Å². The third-order valence-electron chi connectivity index (χ3n) is 2.65. The lowest BCUT2D eigenvalue weighted by Gasteiger charge is -2.14. The fourth-order valence-corrected chi connectivity index (χ4v) is 1.63. The summed E-state index contributed by atoms with van der Waals surface area (Å²) < 4.78 is 5.72. The molecule has 0 aliphatic heterocycles. The fourth-order valence-electron chi connectivity index (χ4n) is 1.51.